The first kappa shape index (κ1) is 29.7. The van der Waals surface area contributed by atoms with Crippen LogP contribution in [0.5, 0.6) is 0 Å². The van der Waals surface area contributed by atoms with Gasteiger partial charge in [0, 0.05) is 49.7 Å². The van der Waals surface area contributed by atoms with Gasteiger partial charge in [0.25, 0.3) is 0 Å². The zero-order chi connectivity index (χ0) is 28.9. The lowest BCUT2D eigenvalue weighted by Gasteiger charge is -2.58. The number of hydrogen-bond acceptors (Lipinski definition) is 7. The van der Waals surface area contributed by atoms with Crippen molar-refractivity contribution in [1.82, 2.24) is 25.3 Å². The first-order chi connectivity index (χ1) is 19.7. The molecule has 7 atom stereocenters. The molecule has 232 valence electrons. The van der Waals surface area contributed by atoms with E-state index in [1.54, 1.807) is 0 Å². The number of nitrogens with one attached hydrogen (secondary N) is 2. The molecule has 41 heavy (non-hydrogen) atoms. The van der Waals surface area contributed by atoms with E-state index >= 15 is 0 Å². The van der Waals surface area contributed by atoms with Crippen molar-refractivity contribution in [3.05, 3.63) is 0 Å². The molecule has 5 heterocycles. The fourth-order valence-electron chi connectivity index (χ4n) is 10.0. The van der Waals surface area contributed by atoms with Crippen LogP contribution in [0.2, 0.25) is 0 Å². The zero-order valence-corrected chi connectivity index (χ0v) is 25.3. The maximum Gasteiger partial charge on any atom is 0.227 e. The Hall–Kier alpha value is -1.33. The summed E-state index contributed by atoms with van der Waals surface area (Å²) in [7, 11) is 2.13. The number of carbonyl (C=O) groups is 2. The lowest BCUT2D eigenvalue weighted by Crippen LogP contribution is -2.72. The molecule has 6 aliphatic rings. The van der Waals surface area contributed by atoms with Crippen LogP contribution in [0.1, 0.15) is 71.1 Å². The smallest absolute Gasteiger partial charge is 0.227 e. The van der Waals surface area contributed by atoms with Crippen LogP contribution in [0.15, 0.2) is 0 Å². The average molecular weight is 576 g/mol. The van der Waals surface area contributed by atoms with Crippen LogP contribution in [0.3, 0.4) is 0 Å². The largest absolute Gasteiger partial charge is 0.351 e. The summed E-state index contributed by atoms with van der Waals surface area (Å²) in [6, 6.07) is -0.0702. The molecular weight excluding hydrogens is 521 g/mol. The van der Waals surface area contributed by atoms with E-state index in [4.69, 9.17) is 11.5 Å². The van der Waals surface area contributed by atoms with E-state index in [0.29, 0.717) is 30.7 Å². The number of amides is 2. The quantitative estimate of drug-likeness (QED) is 0.322. The lowest BCUT2D eigenvalue weighted by atomic mass is 9.70. The predicted octanol–water partition coefficient (Wildman–Crippen LogP) is 1.27. The Bertz CT molecular complexity index is 968. The SMILES string of the molecule is CCCC12CC(F)CN3C(C(C(=O)NC4CNCCC4C4CCN(C(=O)C5CCN(C)CC5)CC4)C(N)N)CC31C2. The fraction of sp³-hybridized carbons (Fsp3) is 0.935. The molecule has 0 bridgehead atoms. The topological polar surface area (TPSA) is 120 Å². The molecule has 6 rings (SSSR count). The van der Waals surface area contributed by atoms with E-state index in [9.17, 15) is 14.0 Å². The molecule has 6 fully saturated rings. The van der Waals surface area contributed by atoms with Gasteiger partial charge in [0.2, 0.25) is 11.8 Å². The van der Waals surface area contributed by atoms with Crippen LogP contribution < -0.4 is 22.1 Å². The number of nitrogens with zero attached hydrogens (tertiary/aromatic N) is 3. The summed E-state index contributed by atoms with van der Waals surface area (Å²) < 4.78 is 14.9. The highest BCUT2D eigenvalue weighted by Crippen LogP contribution is 2.74. The summed E-state index contributed by atoms with van der Waals surface area (Å²) in [6.07, 6.45) is 8.03. The Balaban J connectivity index is 1.06. The minimum atomic E-state index is -0.846. The molecule has 0 radical (unpaired) electrons. The molecule has 1 aliphatic carbocycles. The van der Waals surface area contributed by atoms with E-state index < -0.39 is 18.3 Å². The normalized spacial score (nSPS) is 39.5. The van der Waals surface area contributed by atoms with E-state index in [0.717, 1.165) is 97.1 Å². The molecule has 1 spiro atoms. The van der Waals surface area contributed by atoms with Crippen LogP contribution in [0, 0.1) is 29.1 Å². The van der Waals surface area contributed by atoms with Crippen LogP contribution in [-0.2, 0) is 9.59 Å². The molecule has 10 heteroatoms. The number of piperidine rings is 4. The predicted molar refractivity (Wildman–Crippen MR) is 157 cm³/mol. The van der Waals surface area contributed by atoms with E-state index in [-0.39, 0.29) is 34.9 Å². The van der Waals surface area contributed by atoms with Crippen molar-refractivity contribution < 1.29 is 14.0 Å². The summed E-state index contributed by atoms with van der Waals surface area (Å²) in [6.45, 7) is 7.91. The molecule has 7 unspecified atom stereocenters. The van der Waals surface area contributed by atoms with E-state index in [1.807, 2.05) is 0 Å². The number of rotatable bonds is 8. The zero-order valence-electron chi connectivity index (χ0n) is 25.3. The van der Waals surface area contributed by atoms with E-state index in [1.165, 1.54) is 0 Å². The molecule has 2 amide bonds. The Labute approximate surface area is 245 Å². The number of likely N-dealkylation sites (tertiary alicyclic amines) is 2. The highest BCUT2D eigenvalue weighted by molar-refractivity contribution is 5.81. The van der Waals surface area contributed by atoms with Crippen molar-refractivity contribution >= 4 is 11.8 Å². The van der Waals surface area contributed by atoms with Gasteiger partial charge in [-0.3, -0.25) is 14.5 Å². The Kier molecular flexibility index (Phi) is 8.44. The number of alkyl halides is 1. The first-order valence-electron chi connectivity index (χ1n) is 16.6. The summed E-state index contributed by atoms with van der Waals surface area (Å²) in [5, 5.41) is 6.87. The Morgan fingerprint density at radius 2 is 1.80 bits per heavy atom. The van der Waals surface area contributed by atoms with Crippen molar-refractivity contribution in [2.24, 2.45) is 40.6 Å². The van der Waals surface area contributed by atoms with Gasteiger partial charge in [-0.1, -0.05) is 13.3 Å². The lowest BCUT2D eigenvalue weighted by molar-refractivity contribution is -0.144. The van der Waals surface area contributed by atoms with Gasteiger partial charge in [0.1, 0.15) is 6.17 Å². The van der Waals surface area contributed by atoms with Gasteiger partial charge in [0.05, 0.1) is 12.1 Å². The minimum Gasteiger partial charge on any atom is -0.351 e. The maximum absolute atomic E-state index is 14.9. The minimum absolute atomic E-state index is 0.0167. The van der Waals surface area contributed by atoms with E-state index in [2.05, 4.69) is 39.3 Å². The third-order valence-electron chi connectivity index (χ3n) is 12.2. The van der Waals surface area contributed by atoms with Crippen LogP contribution in [0.4, 0.5) is 4.39 Å². The second-order valence-electron chi connectivity index (χ2n) is 14.6. The standard InChI is InChI=1S/C31H54FN7O2/c1-3-9-30-15-22(32)18-39-25(16-31(30,39)19-30)26(27(33)34)28(40)36-24-17-35-10-4-23(24)20-7-13-38(14-8-20)29(41)21-5-11-37(2)12-6-21/h20-27,35H,3-19,33-34H2,1-2H3,(H,36,40). The average Bonchev–Trinajstić information content (AvgIpc) is 3.62. The second-order valence-corrected chi connectivity index (χ2v) is 14.6. The summed E-state index contributed by atoms with van der Waals surface area (Å²) in [5.41, 5.74) is 12.7. The van der Waals surface area contributed by atoms with Gasteiger partial charge < -0.3 is 31.9 Å². The van der Waals surface area contributed by atoms with Gasteiger partial charge in [0.15, 0.2) is 0 Å². The van der Waals surface area contributed by atoms with Crippen LogP contribution in [0.25, 0.3) is 0 Å². The monoisotopic (exact) mass is 575 g/mol. The van der Waals surface area contributed by atoms with Crippen molar-refractivity contribution in [1.29, 1.82) is 0 Å². The van der Waals surface area contributed by atoms with Gasteiger partial charge in [-0.15, -0.1) is 0 Å². The van der Waals surface area contributed by atoms with Crippen molar-refractivity contribution in [3.8, 4) is 0 Å². The number of carbonyl (C=O) groups excluding carboxylic acids is 2. The molecule has 5 aliphatic heterocycles. The van der Waals surface area contributed by atoms with Crippen molar-refractivity contribution in [3.63, 3.8) is 0 Å². The van der Waals surface area contributed by atoms with Gasteiger partial charge >= 0.3 is 0 Å². The summed E-state index contributed by atoms with van der Waals surface area (Å²) >= 11 is 0. The molecule has 1 saturated carbocycles. The highest BCUT2D eigenvalue weighted by Gasteiger charge is 2.78. The molecule has 0 aromatic heterocycles. The molecule has 9 nitrogen and oxygen atoms in total. The molecular formula is C31H54FN7O2. The van der Waals surface area contributed by atoms with Crippen molar-refractivity contribution in [2.45, 2.75) is 101 Å². The third kappa shape index (κ3) is 5.34. The summed E-state index contributed by atoms with van der Waals surface area (Å²) in [5.74, 6) is 0.757. The molecule has 5 saturated heterocycles. The number of halogens is 1. The number of hydrogen-bond donors (Lipinski definition) is 4. The molecule has 0 aromatic carbocycles. The second kappa shape index (κ2) is 11.6. The number of nitrogens with two attached hydrogens (primary N) is 2. The van der Waals surface area contributed by atoms with Crippen molar-refractivity contribution in [2.75, 3.05) is 52.9 Å². The molecule has 0 aromatic rings. The molecule has 6 N–H and O–H groups in total. The van der Waals surface area contributed by atoms with Crippen LogP contribution >= 0.6 is 0 Å². The maximum atomic E-state index is 14.9. The van der Waals surface area contributed by atoms with Crippen LogP contribution in [-0.4, -0.2) is 109 Å². The van der Waals surface area contributed by atoms with Gasteiger partial charge in [-0.2, -0.15) is 0 Å². The fourth-order valence-corrected chi connectivity index (χ4v) is 10.0. The first-order valence-corrected chi connectivity index (χ1v) is 16.6. The summed E-state index contributed by atoms with van der Waals surface area (Å²) in [4.78, 5) is 33.7. The van der Waals surface area contributed by atoms with Gasteiger partial charge in [-0.25, -0.2) is 4.39 Å². The third-order valence-corrected chi connectivity index (χ3v) is 12.2. The highest BCUT2D eigenvalue weighted by atomic mass is 19.1. The Morgan fingerprint density at radius 1 is 1.07 bits per heavy atom. The van der Waals surface area contributed by atoms with Gasteiger partial charge in [-0.05, 0) is 102 Å². The Morgan fingerprint density at radius 3 is 2.49 bits per heavy atom.